The van der Waals surface area contributed by atoms with E-state index < -0.39 is 40.1 Å². The summed E-state index contributed by atoms with van der Waals surface area (Å²) in [5.74, 6) is -1.68. The van der Waals surface area contributed by atoms with Gasteiger partial charge in [0, 0.05) is 12.1 Å². The lowest BCUT2D eigenvalue weighted by Crippen LogP contribution is -2.30. The van der Waals surface area contributed by atoms with E-state index in [1.165, 1.54) is 0 Å². The first-order valence-electron chi connectivity index (χ1n) is 5.94. The van der Waals surface area contributed by atoms with Crippen molar-refractivity contribution in [3.8, 4) is 0 Å². The van der Waals surface area contributed by atoms with Gasteiger partial charge in [0.1, 0.15) is 17.4 Å². The van der Waals surface area contributed by atoms with E-state index in [2.05, 4.69) is 10.4 Å². The molecule has 120 valence electrons. The van der Waals surface area contributed by atoms with Crippen LogP contribution in [0.1, 0.15) is 0 Å². The highest BCUT2D eigenvalue weighted by Crippen LogP contribution is 2.21. The van der Waals surface area contributed by atoms with E-state index in [-0.39, 0.29) is 10.0 Å². The number of anilines is 1. The molecular weight excluding hydrogens is 354 g/mol. The van der Waals surface area contributed by atoms with E-state index in [1.54, 1.807) is 0 Å². The van der Waals surface area contributed by atoms with Crippen LogP contribution in [0.15, 0.2) is 29.2 Å². The van der Waals surface area contributed by atoms with Crippen molar-refractivity contribution in [3.05, 3.63) is 60.7 Å². The van der Waals surface area contributed by atoms with Crippen LogP contribution in [0.2, 0.25) is 10.0 Å². The van der Waals surface area contributed by atoms with Crippen molar-refractivity contribution in [3.63, 3.8) is 0 Å². The van der Waals surface area contributed by atoms with Gasteiger partial charge in [0.15, 0.2) is 0 Å². The standard InChI is InChI=1S/C12H7Cl2FN4O4/c13-7-4-16-18(12(21)11(7)14)5-10(20)17-9-3-6(19(22)23)1-2-8(9)15/h1-4H,5H2,(H,17,20). The Morgan fingerprint density at radius 2 is 2.13 bits per heavy atom. The summed E-state index contributed by atoms with van der Waals surface area (Å²) in [6.45, 7) is -0.572. The SMILES string of the molecule is O=C(Cn1ncc(Cl)c(Cl)c1=O)Nc1cc([N+](=O)[O-])ccc1F. The Kier molecular flexibility index (Phi) is 4.92. The lowest BCUT2D eigenvalue weighted by Gasteiger charge is -2.08. The van der Waals surface area contributed by atoms with Crippen molar-refractivity contribution in [2.45, 2.75) is 6.54 Å². The summed E-state index contributed by atoms with van der Waals surface area (Å²) in [7, 11) is 0. The van der Waals surface area contributed by atoms with E-state index >= 15 is 0 Å². The highest BCUT2D eigenvalue weighted by molar-refractivity contribution is 6.41. The molecule has 1 aromatic heterocycles. The number of rotatable bonds is 4. The molecule has 2 rings (SSSR count). The van der Waals surface area contributed by atoms with Crippen LogP contribution in [-0.2, 0) is 11.3 Å². The molecule has 0 aliphatic carbocycles. The van der Waals surface area contributed by atoms with Gasteiger partial charge in [-0.15, -0.1) is 0 Å². The van der Waals surface area contributed by atoms with E-state index in [4.69, 9.17) is 23.2 Å². The summed E-state index contributed by atoms with van der Waals surface area (Å²) in [5.41, 5.74) is -1.59. The largest absolute Gasteiger partial charge is 0.322 e. The molecule has 0 radical (unpaired) electrons. The van der Waals surface area contributed by atoms with Gasteiger partial charge in [-0.3, -0.25) is 19.7 Å². The van der Waals surface area contributed by atoms with Gasteiger partial charge in [0.2, 0.25) is 5.91 Å². The lowest BCUT2D eigenvalue weighted by atomic mass is 10.2. The van der Waals surface area contributed by atoms with Gasteiger partial charge in [0.25, 0.3) is 11.2 Å². The zero-order valence-corrected chi connectivity index (χ0v) is 12.6. The predicted octanol–water partition coefficient (Wildman–Crippen LogP) is 2.24. The maximum absolute atomic E-state index is 13.6. The van der Waals surface area contributed by atoms with Crippen molar-refractivity contribution in [1.29, 1.82) is 0 Å². The predicted molar refractivity (Wildman–Crippen MR) is 80.2 cm³/mol. The second-order valence-corrected chi connectivity index (χ2v) is 5.02. The molecule has 0 saturated carbocycles. The van der Waals surface area contributed by atoms with Crippen molar-refractivity contribution >= 4 is 40.5 Å². The summed E-state index contributed by atoms with van der Waals surface area (Å²) in [5, 5.41) is 16.0. The van der Waals surface area contributed by atoms with Crippen LogP contribution in [-0.4, -0.2) is 20.6 Å². The van der Waals surface area contributed by atoms with Crippen LogP contribution in [0.3, 0.4) is 0 Å². The number of carbonyl (C=O) groups is 1. The van der Waals surface area contributed by atoms with Gasteiger partial charge < -0.3 is 5.32 Å². The quantitative estimate of drug-likeness (QED) is 0.664. The highest BCUT2D eigenvalue weighted by atomic mass is 35.5. The number of nitrogens with one attached hydrogen (secondary N) is 1. The summed E-state index contributed by atoms with van der Waals surface area (Å²) < 4.78 is 14.3. The lowest BCUT2D eigenvalue weighted by molar-refractivity contribution is -0.384. The first-order chi connectivity index (χ1) is 10.8. The molecule has 11 heteroatoms. The Hall–Kier alpha value is -2.52. The molecule has 1 N–H and O–H groups in total. The second-order valence-electron chi connectivity index (χ2n) is 4.24. The first kappa shape index (κ1) is 16.8. The molecule has 23 heavy (non-hydrogen) atoms. The van der Waals surface area contributed by atoms with Crippen LogP contribution < -0.4 is 10.9 Å². The number of hydrogen-bond acceptors (Lipinski definition) is 5. The monoisotopic (exact) mass is 360 g/mol. The molecule has 0 bridgehead atoms. The Balaban J connectivity index is 2.21. The molecule has 2 aromatic rings. The average molecular weight is 361 g/mol. The van der Waals surface area contributed by atoms with E-state index in [0.29, 0.717) is 0 Å². The highest BCUT2D eigenvalue weighted by Gasteiger charge is 2.15. The normalized spacial score (nSPS) is 10.4. The van der Waals surface area contributed by atoms with Crippen LogP contribution in [0.25, 0.3) is 0 Å². The minimum atomic E-state index is -0.863. The third-order valence-corrected chi connectivity index (χ3v) is 3.42. The van der Waals surface area contributed by atoms with Gasteiger partial charge in [0.05, 0.1) is 21.8 Å². The van der Waals surface area contributed by atoms with E-state index in [9.17, 15) is 24.1 Å². The molecule has 0 unspecified atom stereocenters. The molecule has 8 nitrogen and oxygen atoms in total. The van der Waals surface area contributed by atoms with Gasteiger partial charge in [-0.2, -0.15) is 5.10 Å². The topological polar surface area (TPSA) is 107 Å². The van der Waals surface area contributed by atoms with E-state index in [1.807, 2.05) is 0 Å². The van der Waals surface area contributed by atoms with Crippen LogP contribution >= 0.6 is 23.2 Å². The molecule has 0 atom stereocenters. The number of halogens is 3. The number of hydrogen-bond donors (Lipinski definition) is 1. The van der Waals surface area contributed by atoms with Gasteiger partial charge in [-0.05, 0) is 6.07 Å². The third kappa shape index (κ3) is 3.82. The fraction of sp³-hybridized carbons (Fsp3) is 0.0833. The van der Waals surface area contributed by atoms with Crippen LogP contribution in [0, 0.1) is 15.9 Å². The zero-order valence-electron chi connectivity index (χ0n) is 11.1. The first-order valence-corrected chi connectivity index (χ1v) is 6.70. The van der Waals surface area contributed by atoms with Crippen molar-refractivity contribution < 1.29 is 14.1 Å². The number of carbonyl (C=O) groups excluding carboxylic acids is 1. The van der Waals surface area contributed by atoms with Gasteiger partial charge in [-0.1, -0.05) is 23.2 Å². The smallest absolute Gasteiger partial charge is 0.287 e. The van der Waals surface area contributed by atoms with Crippen LogP contribution in [0.5, 0.6) is 0 Å². The Labute approximate surface area is 137 Å². The minimum absolute atomic E-state index is 0.0712. The Morgan fingerprint density at radius 3 is 2.78 bits per heavy atom. The summed E-state index contributed by atoms with van der Waals surface area (Å²) in [6.07, 6.45) is 1.08. The molecule has 1 heterocycles. The number of amides is 1. The molecule has 1 aromatic carbocycles. The fourth-order valence-electron chi connectivity index (χ4n) is 1.61. The molecule has 0 fully saturated rings. The third-order valence-electron chi connectivity index (χ3n) is 2.67. The molecule has 0 spiro atoms. The number of nitro groups is 1. The Morgan fingerprint density at radius 1 is 1.43 bits per heavy atom. The summed E-state index contributed by atoms with van der Waals surface area (Å²) in [4.78, 5) is 33.5. The average Bonchev–Trinajstić information content (AvgIpc) is 2.50. The summed E-state index contributed by atoms with van der Waals surface area (Å²) >= 11 is 11.2. The van der Waals surface area contributed by atoms with Gasteiger partial charge >= 0.3 is 0 Å². The molecule has 0 aliphatic rings. The maximum atomic E-state index is 13.6. The van der Waals surface area contributed by atoms with Gasteiger partial charge in [-0.25, -0.2) is 9.07 Å². The van der Waals surface area contributed by atoms with Crippen molar-refractivity contribution in [1.82, 2.24) is 9.78 Å². The van der Waals surface area contributed by atoms with E-state index in [0.717, 1.165) is 29.1 Å². The molecule has 0 aliphatic heterocycles. The van der Waals surface area contributed by atoms with Crippen molar-refractivity contribution in [2.24, 2.45) is 0 Å². The minimum Gasteiger partial charge on any atom is -0.322 e. The molecule has 1 amide bonds. The maximum Gasteiger partial charge on any atom is 0.287 e. The molecular formula is C12H7Cl2FN4O4. The van der Waals surface area contributed by atoms with Crippen molar-refractivity contribution in [2.75, 3.05) is 5.32 Å². The number of non-ortho nitro benzene ring substituents is 1. The second kappa shape index (κ2) is 6.71. The number of nitrogens with zero attached hydrogens (tertiary/aromatic N) is 3. The number of benzene rings is 1. The Bertz CT molecular complexity index is 855. The number of aromatic nitrogens is 2. The number of nitro benzene ring substituents is 1. The fourth-order valence-corrected chi connectivity index (χ4v) is 1.88. The molecule has 0 saturated heterocycles. The zero-order chi connectivity index (χ0) is 17.1. The summed E-state index contributed by atoms with van der Waals surface area (Å²) in [6, 6.07) is 2.66. The van der Waals surface area contributed by atoms with Crippen LogP contribution in [0.4, 0.5) is 15.8 Å².